The Bertz CT molecular complexity index is 462. The fourth-order valence-electron chi connectivity index (χ4n) is 3.50. The molecule has 1 aromatic carbocycles. The predicted molar refractivity (Wildman–Crippen MR) is 103 cm³/mol. The minimum Gasteiger partial charge on any atom is -0.508 e. The molecule has 23 heavy (non-hydrogen) atoms. The second-order valence-corrected chi connectivity index (χ2v) is 7.05. The first-order valence-electron chi connectivity index (χ1n) is 9.96. The van der Waals surface area contributed by atoms with Crippen LogP contribution in [0.4, 0.5) is 0 Å². The molecule has 0 aliphatic rings. The number of benzene rings is 1. The predicted octanol–water partition coefficient (Wildman–Crippen LogP) is 6.93. The third-order valence-electron chi connectivity index (χ3n) is 5.12. The molecular formula is C22H38O. The molecule has 0 aromatic heterocycles. The molecule has 0 aliphatic heterocycles. The van der Waals surface area contributed by atoms with Crippen molar-refractivity contribution in [2.45, 2.75) is 105 Å². The number of unbranched alkanes of at least 4 members (excludes halogenated alkanes) is 3. The maximum absolute atomic E-state index is 10.7. The highest BCUT2D eigenvalue weighted by molar-refractivity contribution is 5.51. The third-order valence-corrected chi connectivity index (χ3v) is 5.12. The summed E-state index contributed by atoms with van der Waals surface area (Å²) in [6, 6.07) is 2.09. The molecule has 1 rings (SSSR count). The fourth-order valence-corrected chi connectivity index (χ4v) is 3.50. The molecule has 1 N–H and O–H groups in total. The van der Waals surface area contributed by atoms with Crippen molar-refractivity contribution >= 4 is 0 Å². The van der Waals surface area contributed by atoms with Gasteiger partial charge in [-0.2, -0.15) is 0 Å². The van der Waals surface area contributed by atoms with Crippen molar-refractivity contribution in [3.8, 4) is 5.75 Å². The minimum atomic E-state index is 0.558. The molecule has 1 nitrogen and oxygen atoms in total. The maximum atomic E-state index is 10.7. The van der Waals surface area contributed by atoms with Crippen LogP contribution in [0.5, 0.6) is 5.75 Å². The van der Waals surface area contributed by atoms with Gasteiger partial charge in [0.05, 0.1) is 0 Å². The third kappa shape index (κ3) is 5.55. The van der Waals surface area contributed by atoms with Gasteiger partial charge in [-0.05, 0) is 79.2 Å². The summed E-state index contributed by atoms with van der Waals surface area (Å²) in [4.78, 5) is 0. The van der Waals surface area contributed by atoms with Gasteiger partial charge in [-0.15, -0.1) is 0 Å². The summed E-state index contributed by atoms with van der Waals surface area (Å²) < 4.78 is 0. The Hall–Kier alpha value is -0.980. The fraction of sp³-hybridized carbons (Fsp3) is 0.727. The Morgan fingerprint density at radius 1 is 0.826 bits per heavy atom. The molecule has 1 unspecified atom stereocenters. The molecule has 0 fully saturated rings. The van der Waals surface area contributed by atoms with Gasteiger partial charge in [0.2, 0.25) is 0 Å². The summed E-state index contributed by atoms with van der Waals surface area (Å²) in [5.41, 5.74) is 5.71. The van der Waals surface area contributed by atoms with Gasteiger partial charge in [0.25, 0.3) is 0 Å². The average molecular weight is 319 g/mol. The van der Waals surface area contributed by atoms with Crippen molar-refractivity contribution in [3.05, 3.63) is 28.3 Å². The first-order chi connectivity index (χ1) is 11.1. The number of aryl methyl sites for hydroxylation is 1. The number of hydrogen-bond donors (Lipinski definition) is 1. The zero-order valence-corrected chi connectivity index (χ0v) is 16.2. The van der Waals surface area contributed by atoms with E-state index in [2.05, 4.69) is 40.7 Å². The van der Waals surface area contributed by atoms with E-state index in [-0.39, 0.29) is 0 Å². The Morgan fingerprint density at radius 2 is 1.35 bits per heavy atom. The van der Waals surface area contributed by atoms with Crippen LogP contribution in [-0.2, 0) is 19.3 Å². The highest BCUT2D eigenvalue weighted by atomic mass is 16.3. The summed E-state index contributed by atoms with van der Waals surface area (Å²) in [6.45, 7) is 11.4. The Balaban J connectivity index is 3.39. The lowest BCUT2D eigenvalue weighted by molar-refractivity contribution is 0.463. The molecule has 132 valence electrons. The average Bonchev–Trinajstić information content (AvgIpc) is 2.56. The second-order valence-electron chi connectivity index (χ2n) is 7.05. The Kier molecular flexibility index (Phi) is 9.36. The summed E-state index contributed by atoms with van der Waals surface area (Å²) >= 11 is 0. The normalized spacial score (nSPS) is 12.6. The summed E-state index contributed by atoms with van der Waals surface area (Å²) in [7, 11) is 0. The van der Waals surface area contributed by atoms with Crippen LogP contribution in [0.2, 0.25) is 0 Å². The van der Waals surface area contributed by atoms with E-state index in [1.807, 2.05) is 0 Å². The van der Waals surface area contributed by atoms with Crippen LogP contribution >= 0.6 is 0 Å². The molecule has 1 aromatic rings. The van der Waals surface area contributed by atoms with Gasteiger partial charge in [0, 0.05) is 0 Å². The highest BCUT2D eigenvalue weighted by Crippen LogP contribution is 2.37. The van der Waals surface area contributed by atoms with E-state index in [9.17, 15) is 5.11 Å². The van der Waals surface area contributed by atoms with Crippen LogP contribution in [0.25, 0.3) is 0 Å². The number of hydrogen-bond acceptors (Lipinski definition) is 1. The van der Waals surface area contributed by atoms with Gasteiger partial charge < -0.3 is 5.11 Å². The topological polar surface area (TPSA) is 20.2 Å². The van der Waals surface area contributed by atoms with Crippen molar-refractivity contribution in [2.24, 2.45) is 0 Å². The van der Waals surface area contributed by atoms with E-state index >= 15 is 0 Å². The molecular weight excluding hydrogens is 280 g/mol. The lowest BCUT2D eigenvalue weighted by Crippen LogP contribution is -2.09. The van der Waals surface area contributed by atoms with Crippen molar-refractivity contribution in [3.63, 3.8) is 0 Å². The molecule has 1 atom stereocenters. The lowest BCUT2D eigenvalue weighted by atomic mass is 9.81. The van der Waals surface area contributed by atoms with E-state index in [4.69, 9.17) is 0 Å². The first kappa shape index (κ1) is 20.1. The maximum Gasteiger partial charge on any atom is 0.119 e. The molecule has 0 bridgehead atoms. The summed E-state index contributed by atoms with van der Waals surface area (Å²) in [5, 5.41) is 10.7. The highest BCUT2D eigenvalue weighted by Gasteiger charge is 2.20. The second kappa shape index (κ2) is 10.7. The van der Waals surface area contributed by atoms with Crippen LogP contribution in [-0.4, -0.2) is 5.11 Å². The molecule has 0 aliphatic carbocycles. The van der Waals surface area contributed by atoms with Gasteiger partial charge in [0.1, 0.15) is 5.75 Å². The number of phenolic OH excluding ortho intramolecular Hbond substituents is 1. The number of aromatic hydroxyl groups is 1. The molecule has 0 radical (unpaired) electrons. The van der Waals surface area contributed by atoms with Crippen molar-refractivity contribution < 1.29 is 5.11 Å². The molecule has 1 heteroatoms. The molecule has 0 spiro atoms. The zero-order valence-electron chi connectivity index (χ0n) is 16.2. The SMILES string of the molecule is CCCCc1cc(O)c(CCCC)c(CCCC)c1C(C)CC. The monoisotopic (exact) mass is 318 g/mol. The van der Waals surface area contributed by atoms with E-state index in [1.54, 1.807) is 5.56 Å². The molecule has 0 saturated heterocycles. The van der Waals surface area contributed by atoms with E-state index in [1.165, 1.54) is 61.6 Å². The largest absolute Gasteiger partial charge is 0.508 e. The van der Waals surface area contributed by atoms with Crippen LogP contribution in [0.15, 0.2) is 6.07 Å². The van der Waals surface area contributed by atoms with Gasteiger partial charge in [-0.25, -0.2) is 0 Å². The van der Waals surface area contributed by atoms with Crippen molar-refractivity contribution in [1.82, 2.24) is 0 Å². The van der Waals surface area contributed by atoms with Crippen LogP contribution in [0, 0.1) is 0 Å². The Morgan fingerprint density at radius 3 is 1.87 bits per heavy atom. The number of phenols is 1. The van der Waals surface area contributed by atoms with E-state index in [0.717, 1.165) is 19.3 Å². The molecule has 0 saturated carbocycles. The van der Waals surface area contributed by atoms with Gasteiger partial charge >= 0.3 is 0 Å². The Labute approximate surface area is 144 Å². The summed E-state index contributed by atoms with van der Waals surface area (Å²) in [5.74, 6) is 1.15. The van der Waals surface area contributed by atoms with Crippen LogP contribution < -0.4 is 0 Å². The number of rotatable bonds is 11. The van der Waals surface area contributed by atoms with E-state index < -0.39 is 0 Å². The van der Waals surface area contributed by atoms with Crippen molar-refractivity contribution in [2.75, 3.05) is 0 Å². The molecule has 0 amide bonds. The van der Waals surface area contributed by atoms with Crippen LogP contribution in [0.3, 0.4) is 0 Å². The van der Waals surface area contributed by atoms with E-state index in [0.29, 0.717) is 11.7 Å². The minimum absolute atomic E-state index is 0.558. The first-order valence-corrected chi connectivity index (χ1v) is 9.96. The van der Waals surface area contributed by atoms with Gasteiger partial charge in [0.15, 0.2) is 0 Å². The van der Waals surface area contributed by atoms with Gasteiger partial charge in [-0.3, -0.25) is 0 Å². The quantitative estimate of drug-likeness (QED) is 0.469. The smallest absolute Gasteiger partial charge is 0.119 e. The van der Waals surface area contributed by atoms with Crippen molar-refractivity contribution in [1.29, 1.82) is 0 Å². The standard InChI is InChI=1S/C22H38O/c1-6-10-13-18-16-21(23)19(14-11-7-2)20(15-12-8-3)22(18)17(5)9-4/h16-17,23H,6-15H2,1-5H3. The lowest BCUT2D eigenvalue weighted by Gasteiger charge is -2.24. The zero-order chi connectivity index (χ0) is 17.2. The van der Waals surface area contributed by atoms with Crippen LogP contribution in [0.1, 0.15) is 108 Å². The van der Waals surface area contributed by atoms with Gasteiger partial charge in [-0.1, -0.05) is 53.9 Å². The summed E-state index contributed by atoms with van der Waals surface area (Å²) in [6.07, 6.45) is 11.7. The molecule has 0 heterocycles.